The maximum atomic E-state index is 5.36. The molecule has 0 bridgehead atoms. The van der Waals surface area contributed by atoms with E-state index in [9.17, 15) is 0 Å². The summed E-state index contributed by atoms with van der Waals surface area (Å²) in [4.78, 5) is 15.7. The van der Waals surface area contributed by atoms with Crippen LogP contribution in [0, 0.1) is 0 Å². The second kappa shape index (κ2) is 15.7. The Balaban J connectivity index is 0.956. The van der Waals surface area contributed by atoms with Crippen LogP contribution in [0.3, 0.4) is 0 Å². The Morgan fingerprint density at radius 2 is 0.766 bits per heavy atom. The van der Waals surface area contributed by atoms with Crippen LogP contribution in [0.25, 0.3) is 122 Å². The van der Waals surface area contributed by atoms with Gasteiger partial charge in [-0.15, -0.1) is 0 Å². The highest BCUT2D eigenvalue weighted by atomic mass is 14.9. The lowest BCUT2D eigenvalue weighted by Gasteiger charge is -2.16. The molecule has 0 unspecified atom stereocenters. The molecule has 0 saturated carbocycles. The minimum atomic E-state index is 0.697. The Bertz CT molecular complexity index is 3710. The monoisotopic (exact) mass is 813 g/mol. The third-order valence-electron chi connectivity index (χ3n) is 12.4. The summed E-state index contributed by atoms with van der Waals surface area (Å²) in [6.45, 7) is 0. The van der Waals surface area contributed by atoms with Crippen molar-refractivity contribution < 1.29 is 0 Å². The number of rotatable bonds is 7. The first-order valence-corrected chi connectivity index (χ1v) is 21.8. The van der Waals surface area contributed by atoms with Crippen molar-refractivity contribution in [1.82, 2.24) is 15.0 Å². The van der Waals surface area contributed by atoms with Crippen LogP contribution in [-0.4, -0.2) is 15.0 Å². The SMILES string of the molecule is c1ccc(-c2cccc(-c3cc(-c4cccc(-c5ccc(-c6cc7c(-c8ccc9ccccc9c8)nc8ccccc8c7c7ccccc67)cc5)c4)nc(-c4ccccc4)n3)c2)cc1. The lowest BCUT2D eigenvalue weighted by molar-refractivity contribution is 1.18. The molecule has 298 valence electrons. The van der Waals surface area contributed by atoms with Gasteiger partial charge in [0, 0.05) is 38.4 Å². The molecule has 0 amide bonds. The average molecular weight is 814 g/mol. The van der Waals surface area contributed by atoms with Gasteiger partial charge in [-0.1, -0.05) is 200 Å². The van der Waals surface area contributed by atoms with Crippen molar-refractivity contribution in [2.75, 3.05) is 0 Å². The zero-order valence-corrected chi connectivity index (χ0v) is 34.9. The molecule has 3 heteroatoms. The molecule has 0 N–H and O–H groups in total. The first-order chi connectivity index (χ1) is 31.7. The second-order valence-electron chi connectivity index (χ2n) is 16.4. The fraction of sp³-hybridized carbons (Fsp3) is 0. The van der Waals surface area contributed by atoms with Crippen LogP contribution in [0.1, 0.15) is 0 Å². The third kappa shape index (κ3) is 6.77. The summed E-state index contributed by atoms with van der Waals surface area (Å²) >= 11 is 0. The first kappa shape index (κ1) is 37.2. The third-order valence-corrected chi connectivity index (χ3v) is 12.4. The standard InChI is InChI=1S/C61H39N3/c1-3-15-40(16-4-1)46-21-13-23-48(35-46)57-39-58(64-61(63-57)44-18-5-2-6-19-44)49-24-14-22-47(36-49)42-29-32-43(33-30-42)54-38-55-59(52-26-10-9-25-51(52)54)53-27-11-12-28-56(53)62-60(55)50-34-31-41-17-7-8-20-45(41)37-50/h1-39H. The van der Waals surface area contributed by atoms with E-state index in [-0.39, 0.29) is 0 Å². The molecule has 0 aliphatic rings. The zero-order chi connectivity index (χ0) is 42.4. The van der Waals surface area contributed by atoms with Gasteiger partial charge in [0.05, 0.1) is 22.6 Å². The van der Waals surface area contributed by atoms with Gasteiger partial charge in [-0.25, -0.2) is 15.0 Å². The Morgan fingerprint density at radius 1 is 0.250 bits per heavy atom. The number of nitrogens with zero attached hydrogens (tertiary/aromatic N) is 3. The number of fused-ring (bicyclic) bond motifs is 6. The van der Waals surface area contributed by atoms with Crippen molar-refractivity contribution in [1.29, 1.82) is 0 Å². The van der Waals surface area contributed by atoms with Crippen molar-refractivity contribution >= 4 is 43.2 Å². The summed E-state index contributed by atoms with van der Waals surface area (Å²) in [5.74, 6) is 0.697. The number of para-hydroxylation sites is 1. The van der Waals surface area contributed by atoms with Crippen molar-refractivity contribution in [3.05, 3.63) is 237 Å². The molecule has 64 heavy (non-hydrogen) atoms. The van der Waals surface area contributed by atoms with Crippen LogP contribution < -0.4 is 0 Å². The van der Waals surface area contributed by atoms with Gasteiger partial charge in [0.2, 0.25) is 0 Å². The van der Waals surface area contributed by atoms with E-state index in [0.29, 0.717) is 5.82 Å². The molecular formula is C61H39N3. The van der Waals surface area contributed by atoms with E-state index in [1.807, 2.05) is 24.3 Å². The number of pyridine rings is 1. The van der Waals surface area contributed by atoms with Crippen molar-refractivity contribution in [3.63, 3.8) is 0 Å². The zero-order valence-electron chi connectivity index (χ0n) is 34.9. The highest BCUT2D eigenvalue weighted by molar-refractivity contribution is 6.25. The summed E-state index contributed by atoms with van der Waals surface area (Å²) in [6, 6.07) is 84.1. The van der Waals surface area contributed by atoms with Crippen LogP contribution in [-0.2, 0) is 0 Å². The van der Waals surface area contributed by atoms with Gasteiger partial charge in [0.15, 0.2) is 5.82 Å². The van der Waals surface area contributed by atoms with Crippen LogP contribution in [0.15, 0.2) is 237 Å². The number of benzene rings is 10. The molecule has 0 atom stereocenters. The quantitative estimate of drug-likeness (QED) is 0.150. The van der Waals surface area contributed by atoms with Crippen LogP contribution in [0.5, 0.6) is 0 Å². The fourth-order valence-corrected chi connectivity index (χ4v) is 9.26. The summed E-state index contributed by atoms with van der Waals surface area (Å²) in [6.07, 6.45) is 0. The molecule has 2 heterocycles. The molecule has 2 aromatic heterocycles. The van der Waals surface area contributed by atoms with Gasteiger partial charge in [-0.05, 0) is 91.3 Å². The summed E-state index contributed by atoms with van der Waals surface area (Å²) < 4.78 is 0. The molecule has 0 radical (unpaired) electrons. The molecule has 12 aromatic rings. The van der Waals surface area contributed by atoms with Crippen LogP contribution in [0.2, 0.25) is 0 Å². The van der Waals surface area contributed by atoms with E-state index in [1.165, 1.54) is 38.1 Å². The minimum absolute atomic E-state index is 0.697. The van der Waals surface area contributed by atoms with E-state index in [1.54, 1.807) is 0 Å². The highest BCUT2D eigenvalue weighted by Gasteiger charge is 2.18. The predicted molar refractivity (Wildman–Crippen MR) is 268 cm³/mol. The van der Waals surface area contributed by atoms with Gasteiger partial charge in [0.1, 0.15) is 0 Å². The van der Waals surface area contributed by atoms with Gasteiger partial charge >= 0.3 is 0 Å². The Morgan fingerprint density at radius 3 is 1.47 bits per heavy atom. The molecule has 0 aliphatic heterocycles. The van der Waals surface area contributed by atoms with Crippen LogP contribution in [0.4, 0.5) is 0 Å². The topological polar surface area (TPSA) is 38.7 Å². The Labute approximate surface area is 371 Å². The molecule has 10 aromatic carbocycles. The van der Waals surface area contributed by atoms with Gasteiger partial charge in [-0.2, -0.15) is 0 Å². The number of aromatic nitrogens is 3. The molecule has 0 spiro atoms. The van der Waals surface area contributed by atoms with Crippen molar-refractivity contribution in [3.8, 4) is 78.5 Å². The maximum Gasteiger partial charge on any atom is 0.160 e. The number of hydrogen-bond donors (Lipinski definition) is 0. The van der Waals surface area contributed by atoms with E-state index in [0.717, 1.165) is 77.9 Å². The van der Waals surface area contributed by atoms with Gasteiger partial charge in [-0.3, -0.25) is 0 Å². The van der Waals surface area contributed by atoms with E-state index in [4.69, 9.17) is 15.0 Å². The molecule has 0 aliphatic carbocycles. The van der Waals surface area contributed by atoms with Gasteiger partial charge < -0.3 is 0 Å². The smallest absolute Gasteiger partial charge is 0.160 e. The fourth-order valence-electron chi connectivity index (χ4n) is 9.26. The molecular weight excluding hydrogens is 775 g/mol. The minimum Gasteiger partial charge on any atom is -0.247 e. The van der Waals surface area contributed by atoms with E-state index >= 15 is 0 Å². The Hall–Kier alpha value is -8.53. The first-order valence-electron chi connectivity index (χ1n) is 21.8. The number of hydrogen-bond acceptors (Lipinski definition) is 3. The van der Waals surface area contributed by atoms with E-state index in [2.05, 4.69) is 212 Å². The molecule has 0 fully saturated rings. The predicted octanol–water partition coefficient (Wildman–Crippen LogP) is 16.2. The Kier molecular flexibility index (Phi) is 9.16. The molecule has 3 nitrogen and oxygen atoms in total. The van der Waals surface area contributed by atoms with Crippen LogP contribution >= 0.6 is 0 Å². The average Bonchev–Trinajstić information content (AvgIpc) is 3.38. The second-order valence-corrected chi connectivity index (χ2v) is 16.4. The molecule has 12 rings (SSSR count). The molecule has 0 saturated heterocycles. The van der Waals surface area contributed by atoms with E-state index < -0.39 is 0 Å². The summed E-state index contributed by atoms with van der Waals surface area (Å²) in [7, 11) is 0. The summed E-state index contributed by atoms with van der Waals surface area (Å²) in [5.41, 5.74) is 14.8. The normalized spacial score (nSPS) is 11.4. The lowest BCUT2D eigenvalue weighted by Crippen LogP contribution is -1.96. The largest absolute Gasteiger partial charge is 0.247 e. The van der Waals surface area contributed by atoms with Crippen molar-refractivity contribution in [2.24, 2.45) is 0 Å². The maximum absolute atomic E-state index is 5.36. The lowest BCUT2D eigenvalue weighted by atomic mass is 9.89. The summed E-state index contributed by atoms with van der Waals surface area (Å²) in [5, 5.41) is 8.39. The van der Waals surface area contributed by atoms with Gasteiger partial charge in [0.25, 0.3) is 0 Å². The van der Waals surface area contributed by atoms with Crippen molar-refractivity contribution in [2.45, 2.75) is 0 Å². The highest BCUT2D eigenvalue weighted by Crippen LogP contribution is 2.42.